The molecule has 102 valence electrons. The van der Waals surface area contributed by atoms with Gasteiger partial charge in [0, 0.05) is 13.1 Å². The molecule has 3 rings (SSSR count). The Bertz CT molecular complexity index is 476. The van der Waals surface area contributed by atoms with Gasteiger partial charge in [0.25, 0.3) is 5.91 Å². The second-order valence-electron chi connectivity index (χ2n) is 4.83. The largest absolute Gasteiger partial charge is 0.485 e. The molecule has 2 atom stereocenters. The maximum absolute atomic E-state index is 12.4. The van der Waals surface area contributed by atoms with Crippen LogP contribution >= 0.6 is 0 Å². The van der Waals surface area contributed by atoms with Crippen molar-refractivity contribution in [1.29, 1.82) is 0 Å². The number of benzene rings is 1. The maximum atomic E-state index is 12.4. The molecule has 0 N–H and O–H groups in total. The van der Waals surface area contributed by atoms with Crippen molar-refractivity contribution in [2.45, 2.75) is 19.1 Å². The van der Waals surface area contributed by atoms with Gasteiger partial charge in [-0.15, -0.1) is 0 Å². The topological polar surface area (TPSA) is 48.0 Å². The van der Waals surface area contributed by atoms with Crippen molar-refractivity contribution in [3.05, 3.63) is 24.3 Å². The predicted molar refractivity (Wildman–Crippen MR) is 68.3 cm³/mol. The fourth-order valence-electron chi connectivity index (χ4n) is 2.36. The third-order valence-corrected chi connectivity index (χ3v) is 3.34. The fourth-order valence-corrected chi connectivity index (χ4v) is 2.36. The number of amides is 1. The highest BCUT2D eigenvalue weighted by atomic mass is 16.6. The van der Waals surface area contributed by atoms with E-state index in [0.29, 0.717) is 31.2 Å². The molecule has 0 radical (unpaired) electrons. The molecule has 1 aromatic rings. The average molecular weight is 263 g/mol. The third kappa shape index (κ3) is 2.51. The number of fused-ring (bicyclic) bond motifs is 1. The molecule has 1 fully saturated rings. The Morgan fingerprint density at radius 1 is 1.32 bits per heavy atom. The number of carbonyl (C=O) groups is 1. The van der Waals surface area contributed by atoms with E-state index < -0.39 is 6.10 Å². The molecule has 1 saturated heterocycles. The molecule has 0 bridgehead atoms. The summed E-state index contributed by atoms with van der Waals surface area (Å²) >= 11 is 0. The van der Waals surface area contributed by atoms with Gasteiger partial charge in [0.1, 0.15) is 6.61 Å². The van der Waals surface area contributed by atoms with Crippen LogP contribution in [0.1, 0.15) is 6.92 Å². The van der Waals surface area contributed by atoms with Crippen molar-refractivity contribution in [1.82, 2.24) is 4.90 Å². The smallest absolute Gasteiger partial charge is 0.267 e. The van der Waals surface area contributed by atoms with Crippen molar-refractivity contribution in [2.24, 2.45) is 0 Å². The van der Waals surface area contributed by atoms with Gasteiger partial charge in [-0.3, -0.25) is 4.79 Å². The first-order chi connectivity index (χ1) is 9.24. The number of ether oxygens (including phenoxy) is 3. The minimum atomic E-state index is -0.555. The molecule has 2 unspecified atom stereocenters. The summed E-state index contributed by atoms with van der Waals surface area (Å²) in [7, 11) is 0. The van der Waals surface area contributed by atoms with E-state index >= 15 is 0 Å². The minimum absolute atomic E-state index is 0.0235. The van der Waals surface area contributed by atoms with Crippen molar-refractivity contribution < 1.29 is 19.0 Å². The summed E-state index contributed by atoms with van der Waals surface area (Å²) in [6, 6.07) is 7.41. The molecule has 0 spiro atoms. The highest BCUT2D eigenvalue weighted by Crippen LogP contribution is 2.31. The number of morpholine rings is 1. The van der Waals surface area contributed by atoms with Gasteiger partial charge in [-0.1, -0.05) is 12.1 Å². The molecular weight excluding hydrogens is 246 g/mol. The van der Waals surface area contributed by atoms with Crippen LogP contribution in [-0.4, -0.2) is 49.3 Å². The van der Waals surface area contributed by atoms with Crippen molar-refractivity contribution in [2.75, 3.05) is 26.3 Å². The highest BCUT2D eigenvalue weighted by Gasteiger charge is 2.32. The summed E-state index contributed by atoms with van der Waals surface area (Å²) in [4.78, 5) is 14.2. The molecule has 0 aliphatic carbocycles. The van der Waals surface area contributed by atoms with E-state index in [4.69, 9.17) is 14.2 Å². The van der Waals surface area contributed by atoms with Crippen molar-refractivity contribution in [3.8, 4) is 11.5 Å². The highest BCUT2D eigenvalue weighted by molar-refractivity contribution is 5.82. The van der Waals surface area contributed by atoms with Crippen LogP contribution in [0.15, 0.2) is 24.3 Å². The summed E-state index contributed by atoms with van der Waals surface area (Å²) in [5, 5.41) is 0. The lowest BCUT2D eigenvalue weighted by atomic mass is 10.2. The molecule has 19 heavy (non-hydrogen) atoms. The van der Waals surface area contributed by atoms with Gasteiger partial charge >= 0.3 is 0 Å². The number of para-hydroxylation sites is 2. The summed E-state index contributed by atoms with van der Waals surface area (Å²) in [5.74, 6) is 1.31. The molecule has 1 aromatic carbocycles. The monoisotopic (exact) mass is 263 g/mol. The van der Waals surface area contributed by atoms with E-state index in [9.17, 15) is 4.79 Å². The number of carbonyl (C=O) groups excluding carboxylic acids is 1. The zero-order valence-electron chi connectivity index (χ0n) is 10.9. The van der Waals surface area contributed by atoms with Crippen LogP contribution in [0, 0.1) is 0 Å². The Balaban J connectivity index is 1.69. The Hall–Kier alpha value is -1.75. The summed E-state index contributed by atoms with van der Waals surface area (Å²) in [6.07, 6.45) is -0.477. The summed E-state index contributed by atoms with van der Waals surface area (Å²) in [6.45, 7) is 4.04. The molecule has 5 nitrogen and oxygen atoms in total. The average Bonchev–Trinajstić information content (AvgIpc) is 2.46. The first kappa shape index (κ1) is 12.3. The molecule has 5 heteroatoms. The summed E-state index contributed by atoms with van der Waals surface area (Å²) in [5.41, 5.74) is 0. The zero-order valence-corrected chi connectivity index (χ0v) is 10.9. The lowest BCUT2D eigenvalue weighted by Crippen LogP contribution is -2.52. The zero-order chi connectivity index (χ0) is 13.2. The first-order valence-electron chi connectivity index (χ1n) is 6.53. The molecule has 0 saturated carbocycles. The second-order valence-corrected chi connectivity index (χ2v) is 4.83. The molecule has 1 amide bonds. The quantitative estimate of drug-likeness (QED) is 0.760. The van der Waals surface area contributed by atoms with Crippen LogP contribution in [0.4, 0.5) is 0 Å². The second kappa shape index (κ2) is 5.09. The lowest BCUT2D eigenvalue weighted by molar-refractivity contribution is -0.148. The van der Waals surface area contributed by atoms with Gasteiger partial charge in [0.2, 0.25) is 6.10 Å². The van der Waals surface area contributed by atoms with Crippen LogP contribution in [0.25, 0.3) is 0 Å². The Morgan fingerprint density at radius 2 is 2.11 bits per heavy atom. The van der Waals surface area contributed by atoms with E-state index in [1.165, 1.54) is 0 Å². The van der Waals surface area contributed by atoms with Gasteiger partial charge in [0.15, 0.2) is 11.5 Å². The fraction of sp³-hybridized carbons (Fsp3) is 0.500. The number of hydrogen-bond acceptors (Lipinski definition) is 4. The van der Waals surface area contributed by atoms with E-state index in [1.807, 2.05) is 31.2 Å². The van der Waals surface area contributed by atoms with E-state index in [1.54, 1.807) is 4.90 Å². The van der Waals surface area contributed by atoms with Gasteiger partial charge in [0.05, 0.1) is 12.7 Å². The third-order valence-electron chi connectivity index (χ3n) is 3.34. The summed E-state index contributed by atoms with van der Waals surface area (Å²) < 4.78 is 16.7. The lowest BCUT2D eigenvalue weighted by Gasteiger charge is -2.35. The predicted octanol–water partition coefficient (Wildman–Crippen LogP) is 1.07. The Labute approximate surface area is 112 Å². The normalized spacial score (nSPS) is 26.1. The number of hydrogen-bond donors (Lipinski definition) is 0. The van der Waals surface area contributed by atoms with E-state index in [2.05, 4.69) is 0 Å². The Morgan fingerprint density at radius 3 is 2.89 bits per heavy atom. The Kier molecular flexibility index (Phi) is 3.29. The number of rotatable bonds is 1. The van der Waals surface area contributed by atoms with Crippen molar-refractivity contribution >= 4 is 5.91 Å². The first-order valence-corrected chi connectivity index (χ1v) is 6.53. The SMILES string of the molecule is CC1CN(C(=O)C2COc3ccccc3O2)CCO1. The van der Waals surface area contributed by atoms with Crippen LogP contribution < -0.4 is 9.47 Å². The van der Waals surface area contributed by atoms with Gasteiger partial charge in [-0.25, -0.2) is 0 Å². The van der Waals surface area contributed by atoms with E-state index in [0.717, 1.165) is 0 Å². The standard InChI is InChI=1S/C14H17NO4/c1-10-8-15(6-7-17-10)14(16)13-9-18-11-4-2-3-5-12(11)19-13/h2-5,10,13H,6-9H2,1H3. The van der Waals surface area contributed by atoms with Crippen LogP contribution in [-0.2, 0) is 9.53 Å². The molecule has 0 aromatic heterocycles. The molecular formula is C14H17NO4. The maximum Gasteiger partial charge on any atom is 0.267 e. The van der Waals surface area contributed by atoms with Crippen LogP contribution in [0.2, 0.25) is 0 Å². The molecule has 2 heterocycles. The minimum Gasteiger partial charge on any atom is -0.485 e. The van der Waals surface area contributed by atoms with Crippen molar-refractivity contribution in [3.63, 3.8) is 0 Å². The van der Waals surface area contributed by atoms with Gasteiger partial charge in [-0.05, 0) is 19.1 Å². The molecule has 2 aliphatic rings. The van der Waals surface area contributed by atoms with Crippen LogP contribution in [0.5, 0.6) is 11.5 Å². The van der Waals surface area contributed by atoms with Crippen LogP contribution in [0.3, 0.4) is 0 Å². The molecule has 2 aliphatic heterocycles. The van der Waals surface area contributed by atoms with E-state index in [-0.39, 0.29) is 18.6 Å². The van der Waals surface area contributed by atoms with Gasteiger partial charge < -0.3 is 19.1 Å². The van der Waals surface area contributed by atoms with Gasteiger partial charge in [-0.2, -0.15) is 0 Å². The number of nitrogens with zero attached hydrogens (tertiary/aromatic N) is 1.